The van der Waals surface area contributed by atoms with Gasteiger partial charge in [-0.3, -0.25) is 11.3 Å². The molecule has 6 heteroatoms. The van der Waals surface area contributed by atoms with Gasteiger partial charge in [0, 0.05) is 25.7 Å². The van der Waals surface area contributed by atoms with Gasteiger partial charge in [-0.2, -0.15) is 0 Å². The molecule has 1 aromatic rings. The van der Waals surface area contributed by atoms with Crippen LogP contribution in [0.1, 0.15) is 30.9 Å². The van der Waals surface area contributed by atoms with Crippen LogP contribution in [0.5, 0.6) is 0 Å². The summed E-state index contributed by atoms with van der Waals surface area (Å²) in [6.45, 7) is 2.35. The van der Waals surface area contributed by atoms with Gasteiger partial charge in [0.1, 0.15) is 0 Å². The lowest BCUT2D eigenvalue weighted by Crippen LogP contribution is -2.45. The van der Waals surface area contributed by atoms with Crippen molar-refractivity contribution < 1.29 is 9.47 Å². The Hall–Kier alpha value is 0.0200. The minimum atomic E-state index is -0.0642. The van der Waals surface area contributed by atoms with E-state index in [4.69, 9.17) is 15.3 Å². The maximum Gasteiger partial charge on any atom is 0.0940 e. The number of nitrogens with one attached hydrogen (secondary N) is 1. The van der Waals surface area contributed by atoms with Gasteiger partial charge >= 0.3 is 0 Å². The van der Waals surface area contributed by atoms with Gasteiger partial charge in [-0.15, -0.1) is 11.3 Å². The first-order valence-electron chi connectivity index (χ1n) is 6.64. The third kappa shape index (κ3) is 2.89. The average Bonchev–Trinajstić information content (AvgIpc) is 3.01. The van der Waals surface area contributed by atoms with E-state index in [1.807, 2.05) is 0 Å². The van der Waals surface area contributed by atoms with Gasteiger partial charge in [0.05, 0.1) is 16.0 Å². The second-order valence-electron chi connectivity index (χ2n) is 5.42. The summed E-state index contributed by atoms with van der Waals surface area (Å²) in [4.78, 5) is 0. The van der Waals surface area contributed by atoms with Crippen LogP contribution in [0.4, 0.5) is 0 Å². The van der Waals surface area contributed by atoms with Gasteiger partial charge < -0.3 is 9.47 Å². The average molecular weight is 347 g/mol. The summed E-state index contributed by atoms with van der Waals surface area (Å²) >= 11 is 5.22. The molecular weight excluding hydrogens is 328 g/mol. The van der Waals surface area contributed by atoms with Crippen molar-refractivity contribution in [3.8, 4) is 0 Å². The molecule has 3 rings (SSSR count). The van der Waals surface area contributed by atoms with Gasteiger partial charge in [0.2, 0.25) is 0 Å². The highest BCUT2D eigenvalue weighted by atomic mass is 79.9. The first-order chi connectivity index (χ1) is 9.22. The maximum atomic E-state index is 5.99. The van der Waals surface area contributed by atoms with Crippen molar-refractivity contribution in [2.45, 2.75) is 30.9 Å². The predicted molar refractivity (Wildman–Crippen MR) is 78.9 cm³/mol. The van der Waals surface area contributed by atoms with Gasteiger partial charge in [-0.25, -0.2) is 0 Å². The van der Waals surface area contributed by atoms with Crippen molar-refractivity contribution in [2.24, 2.45) is 11.8 Å². The predicted octanol–water partition coefficient (Wildman–Crippen LogP) is 2.60. The third-order valence-corrected chi connectivity index (χ3v) is 5.72. The minimum absolute atomic E-state index is 0.0642. The highest BCUT2D eigenvalue weighted by Crippen LogP contribution is 2.41. The molecule has 0 amide bonds. The molecule has 19 heavy (non-hydrogen) atoms. The molecule has 4 nitrogen and oxygen atoms in total. The fraction of sp³-hybridized carbons (Fsp3) is 0.692. The lowest BCUT2D eigenvalue weighted by atomic mass is 9.79. The quantitative estimate of drug-likeness (QED) is 0.652. The first kappa shape index (κ1) is 14.0. The van der Waals surface area contributed by atoms with Crippen LogP contribution in [0.25, 0.3) is 0 Å². The summed E-state index contributed by atoms with van der Waals surface area (Å²) in [6.07, 6.45) is 3.08. The molecule has 2 aliphatic rings. The van der Waals surface area contributed by atoms with E-state index >= 15 is 0 Å². The number of rotatable bonds is 3. The summed E-state index contributed by atoms with van der Waals surface area (Å²) in [5, 5.41) is 2.17. The molecule has 3 heterocycles. The van der Waals surface area contributed by atoms with Crippen LogP contribution in [0.3, 0.4) is 0 Å². The topological polar surface area (TPSA) is 56.5 Å². The van der Waals surface area contributed by atoms with E-state index in [1.165, 1.54) is 5.56 Å². The second kappa shape index (κ2) is 5.79. The van der Waals surface area contributed by atoms with Crippen LogP contribution in [0.2, 0.25) is 0 Å². The van der Waals surface area contributed by atoms with Crippen molar-refractivity contribution in [3.63, 3.8) is 0 Å². The zero-order valence-corrected chi connectivity index (χ0v) is 13.1. The van der Waals surface area contributed by atoms with E-state index in [1.54, 1.807) is 11.3 Å². The van der Waals surface area contributed by atoms with E-state index in [-0.39, 0.29) is 11.6 Å². The Labute approximate surface area is 125 Å². The SMILES string of the molecule is NNC(c1csc(Br)c1)C1CCOC2(CCOC2)C1. The largest absolute Gasteiger partial charge is 0.378 e. The summed E-state index contributed by atoms with van der Waals surface area (Å²) in [6, 6.07) is 2.35. The van der Waals surface area contributed by atoms with Gasteiger partial charge in [-0.05, 0) is 51.7 Å². The molecule has 0 radical (unpaired) electrons. The molecule has 0 aromatic carbocycles. The van der Waals surface area contributed by atoms with Crippen LogP contribution >= 0.6 is 27.3 Å². The number of hydrazine groups is 1. The number of hydrogen-bond acceptors (Lipinski definition) is 5. The Morgan fingerprint density at radius 2 is 2.42 bits per heavy atom. The van der Waals surface area contributed by atoms with Crippen molar-refractivity contribution in [1.29, 1.82) is 0 Å². The van der Waals surface area contributed by atoms with Crippen LogP contribution in [0.15, 0.2) is 15.2 Å². The number of hydrogen-bond donors (Lipinski definition) is 2. The molecule has 106 valence electrons. The third-order valence-electron chi connectivity index (χ3n) is 4.20. The molecule has 1 spiro atoms. The van der Waals surface area contributed by atoms with Gasteiger partial charge in [0.25, 0.3) is 0 Å². The fourth-order valence-electron chi connectivity index (χ4n) is 3.20. The minimum Gasteiger partial charge on any atom is -0.378 e. The normalized spacial score (nSPS) is 32.8. The molecule has 0 saturated carbocycles. The lowest BCUT2D eigenvalue weighted by Gasteiger charge is -2.40. The second-order valence-corrected chi connectivity index (χ2v) is 7.71. The highest BCUT2D eigenvalue weighted by Gasteiger charge is 2.43. The first-order valence-corrected chi connectivity index (χ1v) is 8.31. The van der Waals surface area contributed by atoms with Crippen molar-refractivity contribution in [3.05, 3.63) is 20.8 Å². The number of ether oxygens (including phenoxy) is 2. The molecule has 2 fully saturated rings. The number of thiophene rings is 1. The number of nitrogens with two attached hydrogens (primary N) is 1. The van der Waals surface area contributed by atoms with E-state index < -0.39 is 0 Å². The van der Waals surface area contributed by atoms with E-state index in [0.717, 1.165) is 42.9 Å². The Balaban J connectivity index is 1.76. The molecule has 2 saturated heterocycles. The molecule has 0 aliphatic carbocycles. The maximum absolute atomic E-state index is 5.99. The summed E-state index contributed by atoms with van der Waals surface area (Å²) in [5.41, 5.74) is 4.20. The molecular formula is C13H19BrN2O2S. The summed E-state index contributed by atoms with van der Waals surface area (Å²) < 4.78 is 12.7. The monoisotopic (exact) mass is 346 g/mol. The number of halogens is 1. The molecule has 3 N–H and O–H groups in total. The zero-order chi connectivity index (χ0) is 13.3. The fourth-order valence-corrected chi connectivity index (χ4v) is 4.42. The lowest BCUT2D eigenvalue weighted by molar-refractivity contribution is -0.103. The van der Waals surface area contributed by atoms with Crippen LogP contribution in [-0.2, 0) is 9.47 Å². The Kier molecular flexibility index (Phi) is 4.26. The smallest absolute Gasteiger partial charge is 0.0940 e. The summed E-state index contributed by atoms with van der Waals surface area (Å²) in [5.74, 6) is 6.30. The Morgan fingerprint density at radius 3 is 3.05 bits per heavy atom. The van der Waals surface area contributed by atoms with Crippen molar-refractivity contribution in [2.75, 3.05) is 19.8 Å². The molecule has 2 aliphatic heterocycles. The molecule has 3 unspecified atom stereocenters. The molecule has 3 atom stereocenters. The highest BCUT2D eigenvalue weighted by molar-refractivity contribution is 9.11. The van der Waals surface area contributed by atoms with Gasteiger partial charge in [0.15, 0.2) is 0 Å². The van der Waals surface area contributed by atoms with E-state index in [0.29, 0.717) is 5.92 Å². The zero-order valence-electron chi connectivity index (χ0n) is 10.7. The standard InChI is InChI=1S/C13H19BrN2O2S/c14-11-5-10(7-19-11)12(16-15)9-1-3-18-13(6-9)2-4-17-8-13/h5,7,9,12,16H,1-4,6,8,15H2. The van der Waals surface area contributed by atoms with Crippen LogP contribution < -0.4 is 11.3 Å². The van der Waals surface area contributed by atoms with Crippen molar-refractivity contribution in [1.82, 2.24) is 5.43 Å². The molecule has 0 bridgehead atoms. The van der Waals surface area contributed by atoms with Gasteiger partial charge in [-0.1, -0.05) is 0 Å². The summed E-state index contributed by atoms with van der Waals surface area (Å²) in [7, 11) is 0. The van der Waals surface area contributed by atoms with Crippen LogP contribution in [0, 0.1) is 5.92 Å². The van der Waals surface area contributed by atoms with Crippen LogP contribution in [-0.4, -0.2) is 25.4 Å². The van der Waals surface area contributed by atoms with E-state index in [2.05, 4.69) is 32.8 Å². The Morgan fingerprint density at radius 1 is 1.53 bits per heavy atom. The Bertz CT molecular complexity index is 434. The van der Waals surface area contributed by atoms with Crippen molar-refractivity contribution >= 4 is 27.3 Å². The van der Waals surface area contributed by atoms with E-state index in [9.17, 15) is 0 Å². The molecule has 1 aromatic heterocycles.